The summed E-state index contributed by atoms with van der Waals surface area (Å²) in [5.74, 6) is 1.33. The number of nitrogens with two attached hydrogens (primary N) is 1. The van der Waals surface area contributed by atoms with Crippen LogP contribution in [-0.4, -0.2) is 42.1 Å². The molecule has 1 aromatic heterocycles. The number of rotatable bonds is 14. The molecule has 31 heavy (non-hydrogen) atoms. The number of nitrogens with one attached hydrogen (secondary N) is 2. The molecule has 0 fully saturated rings. The summed E-state index contributed by atoms with van der Waals surface area (Å²) >= 11 is 0. The second-order valence-corrected chi connectivity index (χ2v) is 9.60. The SMILES string of the molecule is CC(C)CN(Cc1ccc(NCCCNC(C)Cc2ccncc2)c(N)c1)CC(C)C. The van der Waals surface area contributed by atoms with Crippen molar-refractivity contribution < 1.29 is 0 Å². The number of anilines is 2. The minimum atomic E-state index is 0.450. The zero-order valence-electron chi connectivity index (χ0n) is 20.2. The monoisotopic (exact) mass is 425 g/mol. The molecular formula is C26H43N5. The third-order valence-electron chi connectivity index (χ3n) is 5.22. The van der Waals surface area contributed by atoms with Crippen molar-refractivity contribution in [2.24, 2.45) is 11.8 Å². The lowest BCUT2D eigenvalue weighted by atomic mass is 10.1. The molecule has 172 valence electrons. The maximum atomic E-state index is 6.35. The van der Waals surface area contributed by atoms with E-state index in [4.69, 9.17) is 5.73 Å². The van der Waals surface area contributed by atoms with Crippen LogP contribution in [0.5, 0.6) is 0 Å². The molecule has 1 unspecified atom stereocenters. The first-order valence-electron chi connectivity index (χ1n) is 11.8. The molecule has 0 aliphatic heterocycles. The van der Waals surface area contributed by atoms with Crippen molar-refractivity contribution in [2.75, 3.05) is 37.2 Å². The van der Waals surface area contributed by atoms with Crippen LogP contribution in [0.4, 0.5) is 11.4 Å². The van der Waals surface area contributed by atoms with Crippen molar-refractivity contribution in [3.63, 3.8) is 0 Å². The highest BCUT2D eigenvalue weighted by atomic mass is 15.1. The van der Waals surface area contributed by atoms with E-state index >= 15 is 0 Å². The van der Waals surface area contributed by atoms with Gasteiger partial charge in [-0.05, 0) is 73.5 Å². The van der Waals surface area contributed by atoms with Gasteiger partial charge in [-0.25, -0.2) is 0 Å². The number of hydrogen-bond donors (Lipinski definition) is 3. The average Bonchev–Trinajstić information content (AvgIpc) is 2.69. The van der Waals surface area contributed by atoms with Crippen LogP contribution in [0.3, 0.4) is 0 Å². The smallest absolute Gasteiger partial charge is 0.0574 e. The van der Waals surface area contributed by atoms with Gasteiger partial charge >= 0.3 is 0 Å². The Bertz CT molecular complexity index is 735. The lowest BCUT2D eigenvalue weighted by Gasteiger charge is -2.26. The Labute approximate surface area is 189 Å². The summed E-state index contributed by atoms with van der Waals surface area (Å²) in [6, 6.07) is 11.1. The quantitative estimate of drug-likeness (QED) is 0.300. The van der Waals surface area contributed by atoms with Crippen LogP contribution in [0.15, 0.2) is 42.7 Å². The van der Waals surface area contributed by atoms with Crippen molar-refractivity contribution in [2.45, 2.75) is 60.0 Å². The van der Waals surface area contributed by atoms with Crippen molar-refractivity contribution in [3.8, 4) is 0 Å². The number of nitrogens with zero attached hydrogens (tertiary/aromatic N) is 2. The van der Waals surface area contributed by atoms with E-state index in [2.05, 4.69) is 85.5 Å². The summed E-state index contributed by atoms with van der Waals surface area (Å²) < 4.78 is 0. The number of pyridine rings is 1. The van der Waals surface area contributed by atoms with Crippen molar-refractivity contribution >= 4 is 11.4 Å². The molecule has 2 aromatic rings. The number of nitrogen functional groups attached to an aromatic ring is 1. The molecule has 1 aromatic carbocycles. The molecule has 0 bridgehead atoms. The minimum absolute atomic E-state index is 0.450. The summed E-state index contributed by atoms with van der Waals surface area (Å²) in [6.07, 6.45) is 5.79. The Morgan fingerprint density at radius 3 is 2.19 bits per heavy atom. The van der Waals surface area contributed by atoms with Crippen LogP contribution in [0.2, 0.25) is 0 Å². The minimum Gasteiger partial charge on any atom is -0.397 e. The van der Waals surface area contributed by atoms with Crippen LogP contribution in [0, 0.1) is 11.8 Å². The molecule has 1 heterocycles. The first kappa shape index (κ1) is 25.2. The van der Waals surface area contributed by atoms with Gasteiger partial charge in [0.2, 0.25) is 0 Å². The third-order valence-corrected chi connectivity index (χ3v) is 5.22. The molecule has 0 spiro atoms. The first-order chi connectivity index (χ1) is 14.8. The molecule has 0 amide bonds. The van der Waals surface area contributed by atoms with Crippen molar-refractivity contribution in [1.82, 2.24) is 15.2 Å². The molecule has 0 saturated carbocycles. The van der Waals surface area contributed by atoms with E-state index in [0.717, 1.165) is 56.9 Å². The van der Waals surface area contributed by atoms with E-state index in [9.17, 15) is 0 Å². The lowest BCUT2D eigenvalue weighted by molar-refractivity contribution is 0.211. The van der Waals surface area contributed by atoms with Crippen molar-refractivity contribution in [1.29, 1.82) is 0 Å². The predicted octanol–water partition coefficient (Wildman–Crippen LogP) is 4.80. The van der Waals surface area contributed by atoms with Crippen LogP contribution in [0.1, 0.15) is 52.2 Å². The maximum absolute atomic E-state index is 6.35. The molecule has 0 aliphatic carbocycles. The lowest BCUT2D eigenvalue weighted by Crippen LogP contribution is -2.31. The van der Waals surface area contributed by atoms with E-state index in [1.54, 1.807) is 0 Å². The van der Waals surface area contributed by atoms with Crippen LogP contribution in [-0.2, 0) is 13.0 Å². The summed E-state index contributed by atoms with van der Waals surface area (Å²) in [4.78, 5) is 6.61. The molecule has 0 aliphatic rings. The van der Waals surface area contributed by atoms with Gasteiger partial charge < -0.3 is 16.4 Å². The van der Waals surface area contributed by atoms with Crippen LogP contribution < -0.4 is 16.4 Å². The van der Waals surface area contributed by atoms with Crippen LogP contribution >= 0.6 is 0 Å². The standard InChI is InChI=1S/C26H43N5/c1-20(2)17-31(18-21(3)4)19-24-7-8-26(25(27)16-24)30-12-6-11-29-22(5)15-23-9-13-28-14-10-23/h7-10,13-14,16,20-22,29-30H,6,11-12,15,17-19,27H2,1-5H3. The molecular weight excluding hydrogens is 382 g/mol. The van der Waals surface area contributed by atoms with Gasteiger partial charge in [-0.2, -0.15) is 0 Å². The Kier molecular flexibility index (Phi) is 10.8. The predicted molar refractivity (Wildman–Crippen MR) is 134 cm³/mol. The van der Waals surface area contributed by atoms with Gasteiger partial charge in [-0.3, -0.25) is 9.88 Å². The molecule has 5 nitrogen and oxygen atoms in total. The number of hydrogen-bond acceptors (Lipinski definition) is 5. The normalized spacial score (nSPS) is 12.6. The highest BCUT2D eigenvalue weighted by Gasteiger charge is 2.11. The van der Waals surface area contributed by atoms with Crippen molar-refractivity contribution in [3.05, 3.63) is 53.9 Å². The fourth-order valence-corrected chi connectivity index (χ4v) is 3.97. The molecule has 0 radical (unpaired) electrons. The molecule has 0 saturated heterocycles. The van der Waals surface area contributed by atoms with E-state index in [0.29, 0.717) is 17.9 Å². The molecule has 1 atom stereocenters. The van der Waals surface area contributed by atoms with E-state index in [1.807, 2.05) is 12.4 Å². The highest BCUT2D eigenvalue weighted by molar-refractivity contribution is 5.66. The first-order valence-corrected chi connectivity index (χ1v) is 11.8. The Morgan fingerprint density at radius 1 is 0.903 bits per heavy atom. The Morgan fingerprint density at radius 2 is 1.58 bits per heavy atom. The van der Waals surface area contributed by atoms with Crippen LogP contribution in [0.25, 0.3) is 0 Å². The third kappa shape index (κ3) is 10.2. The zero-order chi connectivity index (χ0) is 22.6. The van der Waals surface area contributed by atoms with E-state index < -0.39 is 0 Å². The average molecular weight is 426 g/mol. The zero-order valence-corrected chi connectivity index (χ0v) is 20.2. The van der Waals surface area contributed by atoms with Gasteiger partial charge in [0.25, 0.3) is 0 Å². The topological polar surface area (TPSA) is 66.2 Å². The fourth-order valence-electron chi connectivity index (χ4n) is 3.97. The maximum Gasteiger partial charge on any atom is 0.0574 e. The summed E-state index contributed by atoms with van der Waals surface area (Å²) in [5, 5.41) is 7.09. The van der Waals surface area contributed by atoms with E-state index in [-0.39, 0.29) is 0 Å². The molecule has 2 rings (SSSR count). The van der Waals surface area contributed by atoms with Gasteiger partial charge in [0, 0.05) is 44.6 Å². The highest BCUT2D eigenvalue weighted by Crippen LogP contribution is 2.21. The largest absolute Gasteiger partial charge is 0.397 e. The van der Waals surface area contributed by atoms with Gasteiger partial charge in [0.05, 0.1) is 11.4 Å². The Hall–Kier alpha value is -2.11. The van der Waals surface area contributed by atoms with Gasteiger partial charge in [-0.15, -0.1) is 0 Å². The summed E-state index contributed by atoms with van der Waals surface area (Å²) in [6.45, 7) is 16.4. The number of benzene rings is 1. The molecule has 4 N–H and O–H groups in total. The fraction of sp³-hybridized carbons (Fsp3) is 0.577. The number of aromatic nitrogens is 1. The summed E-state index contributed by atoms with van der Waals surface area (Å²) in [5.41, 5.74) is 10.8. The second kappa shape index (κ2) is 13.3. The van der Waals surface area contributed by atoms with Gasteiger partial charge in [-0.1, -0.05) is 33.8 Å². The molecule has 5 heteroatoms. The van der Waals surface area contributed by atoms with E-state index in [1.165, 1.54) is 11.1 Å². The van der Waals surface area contributed by atoms with Gasteiger partial charge in [0.15, 0.2) is 0 Å². The Balaban J connectivity index is 1.73. The summed E-state index contributed by atoms with van der Waals surface area (Å²) in [7, 11) is 0. The van der Waals surface area contributed by atoms with Gasteiger partial charge in [0.1, 0.15) is 0 Å². The second-order valence-electron chi connectivity index (χ2n) is 9.60.